The monoisotopic (exact) mass is 526 g/mol. The maximum absolute atomic E-state index is 5.75. The van der Waals surface area contributed by atoms with Crippen LogP contribution in [0.15, 0.2) is 72.8 Å². The third-order valence-electron chi connectivity index (χ3n) is 4.28. The molecule has 0 saturated carbocycles. The van der Waals surface area contributed by atoms with Crippen molar-refractivity contribution in [3.8, 4) is 0 Å². The number of ether oxygens (including phenoxy) is 1. The molecule has 3 aromatic rings. The molecule has 0 aliphatic rings. The zero-order chi connectivity index (χ0) is 17.6. The molecule has 0 spiro atoms. The standard InChI is InChI=1S/C9H11O.2C7H7.Bi/c1-2-10-8-9-6-4-3-5-7-9;2*1-7-5-3-2-4-6-7;/h3-6H,2,8H2,1H3;2*3-6H,1H3;. The Labute approximate surface area is 159 Å². The van der Waals surface area contributed by atoms with Crippen molar-refractivity contribution in [3.63, 3.8) is 0 Å². The van der Waals surface area contributed by atoms with Crippen molar-refractivity contribution in [2.24, 2.45) is 0 Å². The Balaban J connectivity index is 2.11. The molecule has 0 aromatic heterocycles. The van der Waals surface area contributed by atoms with E-state index in [-0.39, 0.29) is 0 Å². The van der Waals surface area contributed by atoms with Crippen LogP contribution in [-0.4, -0.2) is 28.4 Å². The van der Waals surface area contributed by atoms with Crippen LogP contribution in [0.3, 0.4) is 0 Å². The Hall–Kier alpha value is -1.50. The van der Waals surface area contributed by atoms with Gasteiger partial charge in [0.15, 0.2) is 0 Å². The second kappa shape index (κ2) is 8.74. The van der Waals surface area contributed by atoms with Crippen LogP contribution in [0.25, 0.3) is 0 Å². The van der Waals surface area contributed by atoms with Crippen molar-refractivity contribution in [2.75, 3.05) is 6.61 Å². The molecule has 3 aromatic carbocycles. The van der Waals surface area contributed by atoms with Gasteiger partial charge in [0.1, 0.15) is 0 Å². The van der Waals surface area contributed by atoms with E-state index >= 15 is 0 Å². The van der Waals surface area contributed by atoms with Gasteiger partial charge >= 0.3 is 160 Å². The van der Waals surface area contributed by atoms with Gasteiger partial charge in [-0.05, 0) is 0 Å². The van der Waals surface area contributed by atoms with E-state index in [2.05, 4.69) is 93.6 Å². The fourth-order valence-corrected chi connectivity index (χ4v) is 12.2. The average Bonchev–Trinajstić information content (AvgIpc) is 2.64. The summed E-state index contributed by atoms with van der Waals surface area (Å²) in [6.45, 7) is 7.83. The van der Waals surface area contributed by atoms with Gasteiger partial charge in [-0.15, -0.1) is 0 Å². The van der Waals surface area contributed by atoms with Gasteiger partial charge in [0.05, 0.1) is 0 Å². The van der Waals surface area contributed by atoms with Crippen molar-refractivity contribution in [1.29, 1.82) is 0 Å². The quantitative estimate of drug-likeness (QED) is 0.448. The second-order valence-corrected chi connectivity index (χ2v) is 14.8. The van der Waals surface area contributed by atoms with Gasteiger partial charge in [0.25, 0.3) is 0 Å². The molecule has 0 amide bonds. The summed E-state index contributed by atoms with van der Waals surface area (Å²) in [4.78, 5) is 0. The molecule has 0 radical (unpaired) electrons. The molecule has 0 aliphatic carbocycles. The van der Waals surface area contributed by atoms with E-state index in [1.165, 1.54) is 26.5 Å². The first-order valence-electron chi connectivity index (χ1n) is 8.78. The van der Waals surface area contributed by atoms with Gasteiger partial charge in [0, 0.05) is 0 Å². The minimum absolute atomic E-state index is 0.705. The molecule has 0 atom stereocenters. The Kier molecular flexibility index (Phi) is 6.40. The summed E-state index contributed by atoms with van der Waals surface area (Å²) >= 11 is -2.32. The molecule has 0 unspecified atom stereocenters. The first-order chi connectivity index (χ1) is 12.2. The summed E-state index contributed by atoms with van der Waals surface area (Å²) in [5, 5.41) is 0. The number of benzene rings is 3. The molecule has 0 N–H and O–H groups in total. The first kappa shape index (κ1) is 18.3. The Morgan fingerprint density at radius 3 is 1.76 bits per heavy atom. The Bertz CT molecular complexity index is 761. The number of rotatable bonds is 6. The molecule has 128 valence electrons. The topological polar surface area (TPSA) is 9.23 Å². The van der Waals surface area contributed by atoms with E-state index in [4.69, 9.17) is 4.74 Å². The summed E-state index contributed by atoms with van der Waals surface area (Å²) < 4.78 is 10.3. The molecule has 25 heavy (non-hydrogen) atoms. The molecule has 0 aliphatic heterocycles. The third kappa shape index (κ3) is 4.57. The molecule has 0 heterocycles. The zero-order valence-electron chi connectivity index (χ0n) is 15.2. The third-order valence-corrected chi connectivity index (χ3v) is 14.2. The van der Waals surface area contributed by atoms with Crippen LogP contribution < -0.4 is 9.81 Å². The van der Waals surface area contributed by atoms with Gasteiger partial charge in [-0.25, -0.2) is 0 Å². The van der Waals surface area contributed by atoms with Crippen LogP contribution in [0, 0.1) is 13.8 Å². The summed E-state index contributed by atoms with van der Waals surface area (Å²) in [6.07, 6.45) is 0. The number of aryl methyl sites for hydroxylation is 2. The van der Waals surface area contributed by atoms with Crippen molar-refractivity contribution in [1.82, 2.24) is 0 Å². The van der Waals surface area contributed by atoms with Crippen LogP contribution >= 0.6 is 0 Å². The predicted octanol–water partition coefficient (Wildman–Crippen LogP) is 3.36. The normalized spacial score (nSPS) is 11.0. The van der Waals surface area contributed by atoms with Crippen molar-refractivity contribution in [3.05, 3.63) is 89.5 Å². The van der Waals surface area contributed by atoms with Gasteiger partial charge in [-0.1, -0.05) is 0 Å². The van der Waals surface area contributed by atoms with Crippen LogP contribution in [-0.2, 0) is 11.3 Å². The van der Waals surface area contributed by atoms with Gasteiger partial charge in [-0.3, -0.25) is 0 Å². The maximum atomic E-state index is 5.75. The SMILES string of the molecule is CCOCc1cccc[c]1[Bi]([c]1ccc(C)cc1)[c]1ccc(C)cc1. The predicted molar refractivity (Wildman–Crippen MR) is 109 cm³/mol. The van der Waals surface area contributed by atoms with E-state index in [1.807, 2.05) is 0 Å². The van der Waals surface area contributed by atoms with Gasteiger partial charge in [0.2, 0.25) is 0 Å². The zero-order valence-corrected chi connectivity index (χ0v) is 18.7. The minimum atomic E-state index is -2.32. The second-order valence-electron chi connectivity index (χ2n) is 6.27. The van der Waals surface area contributed by atoms with E-state index < -0.39 is 21.8 Å². The molecule has 2 heteroatoms. The molecule has 0 fully saturated rings. The molecule has 0 bridgehead atoms. The van der Waals surface area contributed by atoms with E-state index in [0.29, 0.717) is 6.61 Å². The number of hydrogen-bond acceptors (Lipinski definition) is 1. The van der Waals surface area contributed by atoms with Crippen LogP contribution in [0.1, 0.15) is 23.6 Å². The van der Waals surface area contributed by atoms with Crippen LogP contribution in [0.5, 0.6) is 0 Å². The summed E-state index contributed by atoms with van der Waals surface area (Å²) in [5.41, 5.74) is 3.99. The molecular weight excluding hydrogens is 501 g/mol. The Morgan fingerprint density at radius 1 is 0.720 bits per heavy atom. The summed E-state index contributed by atoms with van der Waals surface area (Å²) in [5.74, 6) is 0. The van der Waals surface area contributed by atoms with Crippen molar-refractivity contribution < 1.29 is 4.74 Å². The van der Waals surface area contributed by atoms with Crippen molar-refractivity contribution in [2.45, 2.75) is 27.4 Å². The summed E-state index contributed by atoms with van der Waals surface area (Å²) in [7, 11) is 0. The first-order valence-corrected chi connectivity index (χ1v) is 14.0. The van der Waals surface area contributed by atoms with E-state index in [1.54, 1.807) is 0 Å². The molecule has 1 nitrogen and oxygen atoms in total. The molecule has 3 rings (SSSR count). The van der Waals surface area contributed by atoms with E-state index in [0.717, 1.165) is 6.61 Å². The van der Waals surface area contributed by atoms with Gasteiger partial charge < -0.3 is 0 Å². The van der Waals surface area contributed by atoms with Gasteiger partial charge in [-0.2, -0.15) is 0 Å². The summed E-state index contributed by atoms with van der Waals surface area (Å²) in [6, 6.07) is 27.2. The number of hydrogen-bond donors (Lipinski definition) is 0. The van der Waals surface area contributed by atoms with Crippen LogP contribution in [0.2, 0.25) is 0 Å². The Morgan fingerprint density at radius 2 is 1.24 bits per heavy atom. The van der Waals surface area contributed by atoms with Crippen molar-refractivity contribution >= 4 is 31.6 Å². The molecular formula is C23H25BiO. The average molecular weight is 526 g/mol. The fourth-order valence-electron chi connectivity index (χ4n) is 2.88. The fraction of sp³-hybridized carbons (Fsp3) is 0.217. The van der Waals surface area contributed by atoms with Crippen LogP contribution in [0.4, 0.5) is 0 Å². The van der Waals surface area contributed by atoms with E-state index in [9.17, 15) is 0 Å². The molecule has 0 saturated heterocycles.